The van der Waals surface area contributed by atoms with Gasteiger partial charge in [0.1, 0.15) is 6.04 Å². The van der Waals surface area contributed by atoms with Gasteiger partial charge in [0, 0.05) is 43.6 Å². The molecule has 130 valence electrons. The van der Waals surface area contributed by atoms with Crippen molar-refractivity contribution in [2.75, 3.05) is 37.7 Å². The summed E-state index contributed by atoms with van der Waals surface area (Å²) in [7, 11) is 0. The Morgan fingerprint density at radius 2 is 1.67 bits per heavy atom. The maximum atomic E-state index is 13.2. The summed E-state index contributed by atoms with van der Waals surface area (Å²) >= 11 is 1.94. The molecule has 2 fully saturated rings. The topological polar surface area (TPSA) is 66.6 Å². The van der Waals surface area contributed by atoms with Crippen LogP contribution in [-0.4, -0.2) is 59.3 Å². The second kappa shape index (κ2) is 8.03. The predicted molar refractivity (Wildman–Crippen MR) is 96.6 cm³/mol. The van der Waals surface area contributed by atoms with E-state index in [-0.39, 0.29) is 23.8 Å². The number of thioether (sulfide) groups is 1. The quantitative estimate of drug-likeness (QED) is 0.896. The van der Waals surface area contributed by atoms with E-state index in [0.29, 0.717) is 25.9 Å². The number of piperidine rings is 1. The molecule has 0 saturated carbocycles. The van der Waals surface area contributed by atoms with E-state index < -0.39 is 0 Å². The number of nitrogens with two attached hydrogens (primary N) is 1. The number of primary amides is 1. The van der Waals surface area contributed by atoms with Crippen LogP contribution in [0.5, 0.6) is 0 Å². The second-order valence-electron chi connectivity index (χ2n) is 6.46. The van der Waals surface area contributed by atoms with Gasteiger partial charge in [0.25, 0.3) is 0 Å². The molecule has 0 radical (unpaired) electrons. The number of hydrogen-bond acceptors (Lipinski definition) is 4. The highest BCUT2D eigenvalue weighted by Gasteiger charge is 2.34. The minimum absolute atomic E-state index is 0.0874. The minimum Gasteiger partial charge on any atom is -0.369 e. The van der Waals surface area contributed by atoms with Crippen LogP contribution >= 0.6 is 11.8 Å². The molecule has 0 bridgehead atoms. The summed E-state index contributed by atoms with van der Waals surface area (Å²) in [5.74, 6) is 1.97. The molecule has 5 nitrogen and oxygen atoms in total. The third-order valence-electron chi connectivity index (χ3n) is 4.97. The molecule has 1 aromatic rings. The molecule has 2 aliphatic heterocycles. The number of hydrogen-bond donors (Lipinski definition) is 1. The Kier molecular flexibility index (Phi) is 5.79. The zero-order chi connectivity index (χ0) is 16.9. The summed E-state index contributed by atoms with van der Waals surface area (Å²) < 4.78 is 0. The Morgan fingerprint density at radius 1 is 1.04 bits per heavy atom. The molecule has 1 atom stereocenters. The summed E-state index contributed by atoms with van der Waals surface area (Å²) in [5.41, 5.74) is 6.47. The lowest BCUT2D eigenvalue weighted by Gasteiger charge is -2.39. The first-order valence-electron chi connectivity index (χ1n) is 8.61. The molecular weight excluding hydrogens is 322 g/mol. The van der Waals surface area contributed by atoms with Crippen molar-refractivity contribution < 1.29 is 9.59 Å². The van der Waals surface area contributed by atoms with Gasteiger partial charge in [0.15, 0.2) is 0 Å². The first-order valence-corrected chi connectivity index (χ1v) is 9.77. The van der Waals surface area contributed by atoms with Crippen molar-refractivity contribution in [2.45, 2.75) is 18.9 Å². The molecule has 6 heteroatoms. The summed E-state index contributed by atoms with van der Waals surface area (Å²) in [6, 6.07) is 9.84. The van der Waals surface area contributed by atoms with Crippen molar-refractivity contribution in [1.82, 2.24) is 9.80 Å². The van der Waals surface area contributed by atoms with Gasteiger partial charge in [-0.3, -0.25) is 14.5 Å². The Labute approximate surface area is 147 Å². The second-order valence-corrected chi connectivity index (χ2v) is 7.69. The van der Waals surface area contributed by atoms with Crippen LogP contribution in [0.3, 0.4) is 0 Å². The average Bonchev–Trinajstić information content (AvgIpc) is 2.64. The lowest BCUT2D eigenvalue weighted by molar-refractivity contribution is -0.140. The highest BCUT2D eigenvalue weighted by Crippen LogP contribution is 2.28. The van der Waals surface area contributed by atoms with Crippen LogP contribution in [0.4, 0.5) is 0 Å². The van der Waals surface area contributed by atoms with Crippen molar-refractivity contribution in [3.8, 4) is 0 Å². The summed E-state index contributed by atoms with van der Waals surface area (Å²) in [6.07, 6.45) is 1.36. The predicted octanol–water partition coefficient (Wildman–Crippen LogP) is 1.50. The van der Waals surface area contributed by atoms with Crippen LogP contribution in [0.1, 0.15) is 24.4 Å². The van der Waals surface area contributed by atoms with Gasteiger partial charge in [-0.2, -0.15) is 11.8 Å². The van der Waals surface area contributed by atoms with E-state index in [1.807, 2.05) is 47.0 Å². The standard InChI is InChI=1S/C18H25N3O2S/c19-17(22)15-6-8-21(9-7-15)18(23)16(14-4-2-1-3-5-14)20-10-12-24-13-11-20/h1-5,15-16H,6-13H2,(H2,19,22). The van der Waals surface area contributed by atoms with E-state index in [4.69, 9.17) is 5.73 Å². The van der Waals surface area contributed by atoms with E-state index >= 15 is 0 Å². The molecule has 0 aromatic heterocycles. The fraction of sp³-hybridized carbons (Fsp3) is 0.556. The van der Waals surface area contributed by atoms with Crippen LogP contribution in [0.25, 0.3) is 0 Å². The van der Waals surface area contributed by atoms with E-state index in [1.54, 1.807) is 0 Å². The average molecular weight is 347 g/mol. The van der Waals surface area contributed by atoms with Gasteiger partial charge in [-0.05, 0) is 18.4 Å². The van der Waals surface area contributed by atoms with Crippen molar-refractivity contribution >= 4 is 23.6 Å². The van der Waals surface area contributed by atoms with Crippen molar-refractivity contribution in [3.63, 3.8) is 0 Å². The molecule has 2 N–H and O–H groups in total. The smallest absolute Gasteiger partial charge is 0.244 e. The number of benzene rings is 1. The van der Waals surface area contributed by atoms with E-state index in [0.717, 1.165) is 30.2 Å². The third kappa shape index (κ3) is 3.92. The molecular formula is C18H25N3O2S. The van der Waals surface area contributed by atoms with Gasteiger partial charge < -0.3 is 10.6 Å². The number of carbonyl (C=O) groups excluding carboxylic acids is 2. The fourth-order valence-corrected chi connectivity index (χ4v) is 4.47. The van der Waals surface area contributed by atoms with Gasteiger partial charge in [-0.1, -0.05) is 30.3 Å². The van der Waals surface area contributed by atoms with E-state index in [2.05, 4.69) is 4.90 Å². The monoisotopic (exact) mass is 347 g/mol. The van der Waals surface area contributed by atoms with E-state index in [9.17, 15) is 9.59 Å². The number of likely N-dealkylation sites (tertiary alicyclic amines) is 1. The van der Waals surface area contributed by atoms with Gasteiger partial charge in [-0.25, -0.2) is 0 Å². The number of nitrogens with zero attached hydrogens (tertiary/aromatic N) is 2. The zero-order valence-electron chi connectivity index (χ0n) is 13.9. The Hall–Kier alpha value is -1.53. The fourth-order valence-electron chi connectivity index (χ4n) is 3.54. The molecule has 3 rings (SSSR count). The first-order chi connectivity index (χ1) is 11.7. The maximum Gasteiger partial charge on any atom is 0.244 e. The number of carbonyl (C=O) groups is 2. The first kappa shape index (κ1) is 17.3. The number of rotatable bonds is 4. The largest absolute Gasteiger partial charge is 0.369 e. The summed E-state index contributed by atoms with van der Waals surface area (Å²) in [4.78, 5) is 28.8. The van der Waals surface area contributed by atoms with Gasteiger partial charge in [0.2, 0.25) is 11.8 Å². The summed E-state index contributed by atoms with van der Waals surface area (Å²) in [5, 5.41) is 0. The van der Waals surface area contributed by atoms with Crippen LogP contribution in [-0.2, 0) is 9.59 Å². The summed E-state index contributed by atoms with van der Waals surface area (Å²) in [6.45, 7) is 3.12. The molecule has 24 heavy (non-hydrogen) atoms. The van der Waals surface area contributed by atoms with Gasteiger partial charge in [-0.15, -0.1) is 0 Å². The molecule has 0 spiro atoms. The molecule has 2 amide bonds. The van der Waals surface area contributed by atoms with Crippen LogP contribution in [0, 0.1) is 5.92 Å². The molecule has 2 heterocycles. The van der Waals surface area contributed by atoms with Crippen molar-refractivity contribution in [2.24, 2.45) is 11.7 Å². The van der Waals surface area contributed by atoms with Gasteiger partial charge in [0.05, 0.1) is 0 Å². The van der Waals surface area contributed by atoms with Crippen molar-refractivity contribution in [1.29, 1.82) is 0 Å². The highest BCUT2D eigenvalue weighted by atomic mass is 32.2. The van der Waals surface area contributed by atoms with Crippen molar-refractivity contribution in [3.05, 3.63) is 35.9 Å². The minimum atomic E-state index is -0.241. The lowest BCUT2D eigenvalue weighted by atomic mass is 9.95. The van der Waals surface area contributed by atoms with Crippen LogP contribution in [0.15, 0.2) is 30.3 Å². The highest BCUT2D eigenvalue weighted by molar-refractivity contribution is 7.99. The van der Waals surface area contributed by atoms with Crippen LogP contribution < -0.4 is 5.73 Å². The Morgan fingerprint density at radius 3 is 2.25 bits per heavy atom. The lowest BCUT2D eigenvalue weighted by Crippen LogP contribution is -2.49. The molecule has 0 aliphatic carbocycles. The Bertz CT molecular complexity index is 567. The van der Waals surface area contributed by atoms with Gasteiger partial charge >= 0.3 is 0 Å². The van der Waals surface area contributed by atoms with Crippen LogP contribution in [0.2, 0.25) is 0 Å². The Balaban J connectivity index is 1.75. The normalized spacial score (nSPS) is 21.4. The molecule has 1 unspecified atom stereocenters. The van der Waals surface area contributed by atoms with E-state index in [1.165, 1.54) is 0 Å². The zero-order valence-corrected chi connectivity index (χ0v) is 14.7. The molecule has 1 aromatic carbocycles. The molecule has 2 saturated heterocycles. The maximum absolute atomic E-state index is 13.2. The number of amides is 2. The third-order valence-corrected chi connectivity index (χ3v) is 5.91. The molecule has 2 aliphatic rings. The SMILES string of the molecule is NC(=O)C1CCN(C(=O)C(c2ccccc2)N2CCSCC2)CC1.